The van der Waals surface area contributed by atoms with E-state index >= 15 is 0 Å². The molecule has 0 aliphatic carbocycles. The lowest BCUT2D eigenvalue weighted by molar-refractivity contribution is 0.158. The molecule has 9 nitrogen and oxygen atoms in total. The molecule has 0 saturated heterocycles. The van der Waals surface area contributed by atoms with Gasteiger partial charge in [0.15, 0.2) is 11.2 Å². The number of halogens is 3. The minimum absolute atomic E-state index is 0.0423. The highest BCUT2D eigenvalue weighted by Crippen LogP contribution is 2.27. The van der Waals surface area contributed by atoms with E-state index in [0.717, 1.165) is 12.1 Å². The number of aliphatic hydroxyl groups is 1. The van der Waals surface area contributed by atoms with E-state index in [1.807, 2.05) is 6.92 Å². The quantitative estimate of drug-likeness (QED) is 0.261. The van der Waals surface area contributed by atoms with Crippen LogP contribution in [0.5, 0.6) is 11.5 Å². The highest BCUT2D eigenvalue weighted by molar-refractivity contribution is 6.30. The fourth-order valence-corrected chi connectivity index (χ4v) is 4.07. The number of aryl methyl sites for hydroxylation is 1. The van der Waals surface area contributed by atoms with Crippen LogP contribution in [0.25, 0.3) is 11.2 Å². The van der Waals surface area contributed by atoms with Crippen molar-refractivity contribution in [1.29, 1.82) is 0 Å². The first-order valence-corrected chi connectivity index (χ1v) is 12.0. The largest absolute Gasteiger partial charge is 0.457 e. The Balaban J connectivity index is 1.46. The zero-order valence-corrected chi connectivity index (χ0v) is 20.7. The molecule has 0 aliphatic heterocycles. The molecule has 5 aromatic rings. The number of fused-ring (bicyclic) bond motifs is 1. The second-order valence-electron chi connectivity index (χ2n) is 8.32. The van der Waals surface area contributed by atoms with Crippen molar-refractivity contribution in [1.82, 2.24) is 24.1 Å². The van der Waals surface area contributed by atoms with Crippen LogP contribution in [0, 0.1) is 11.9 Å². The molecule has 0 aliphatic rings. The van der Waals surface area contributed by atoms with Gasteiger partial charge in [0.1, 0.15) is 11.5 Å². The van der Waals surface area contributed by atoms with E-state index in [9.17, 15) is 18.7 Å². The number of aromatic nitrogens is 5. The first-order chi connectivity index (χ1) is 18.3. The van der Waals surface area contributed by atoms with Crippen LogP contribution < -0.4 is 15.6 Å². The number of rotatable bonds is 8. The normalized spacial score (nSPS) is 12.0. The maximum atomic E-state index is 13.4. The third kappa shape index (κ3) is 5.34. The van der Waals surface area contributed by atoms with Crippen LogP contribution >= 0.6 is 11.6 Å². The van der Waals surface area contributed by atoms with Crippen molar-refractivity contribution < 1.29 is 18.6 Å². The number of anilines is 2. The molecule has 3 aromatic heterocycles. The van der Waals surface area contributed by atoms with Crippen LogP contribution in [0.1, 0.15) is 18.6 Å². The monoisotopic (exact) mass is 538 g/mol. The van der Waals surface area contributed by atoms with Crippen LogP contribution in [-0.2, 0) is 13.1 Å². The molecule has 5 rings (SSSR count). The van der Waals surface area contributed by atoms with Gasteiger partial charge in [0.2, 0.25) is 17.8 Å². The van der Waals surface area contributed by atoms with E-state index in [-0.39, 0.29) is 18.2 Å². The summed E-state index contributed by atoms with van der Waals surface area (Å²) in [6, 6.07) is 15.2. The topological polar surface area (TPSA) is 107 Å². The van der Waals surface area contributed by atoms with Crippen LogP contribution in [0.4, 0.5) is 20.4 Å². The molecular weight excluding hydrogens is 518 g/mol. The predicted molar refractivity (Wildman–Crippen MR) is 138 cm³/mol. The predicted octanol–water partition coefficient (Wildman–Crippen LogP) is 5.21. The highest BCUT2D eigenvalue weighted by Gasteiger charge is 2.19. The van der Waals surface area contributed by atoms with Crippen molar-refractivity contribution in [2.45, 2.75) is 26.1 Å². The Hall–Kier alpha value is -4.35. The lowest BCUT2D eigenvalue weighted by atomic mass is 10.1. The van der Waals surface area contributed by atoms with Gasteiger partial charge in [-0.1, -0.05) is 23.7 Å². The number of nitrogens with one attached hydrogen (secondary N) is 1. The van der Waals surface area contributed by atoms with Gasteiger partial charge in [-0.3, -0.25) is 9.36 Å². The standard InChI is InChI=1S/C26H21ClF2N6O3/c1-2-34-14-30-24-23(34)25(37)33-26(35(24)13-20(36)15-3-5-16(27)6-4-15)31-17-7-9-18(10-8-17)38-19-11-21(28)32-22(29)12-19/h3-12,14,20,36H,2,13H2,1H3,(H,31,33,37). The van der Waals surface area contributed by atoms with E-state index in [0.29, 0.717) is 39.7 Å². The average Bonchev–Trinajstić information content (AvgIpc) is 3.32. The summed E-state index contributed by atoms with van der Waals surface area (Å²) in [5.74, 6) is -1.54. The van der Waals surface area contributed by atoms with Gasteiger partial charge in [0.25, 0.3) is 0 Å². The lowest BCUT2D eigenvalue weighted by Gasteiger charge is -2.18. The molecular formula is C26H21ClF2N6O3. The second-order valence-corrected chi connectivity index (χ2v) is 8.76. The Morgan fingerprint density at radius 3 is 2.37 bits per heavy atom. The number of aliphatic hydroxyl groups excluding tert-OH is 1. The first kappa shape index (κ1) is 25.3. The Morgan fingerprint density at radius 2 is 1.71 bits per heavy atom. The molecule has 0 bridgehead atoms. The third-order valence-corrected chi connectivity index (χ3v) is 6.03. The Bertz CT molecular complexity index is 1640. The zero-order chi connectivity index (χ0) is 26.8. The van der Waals surface area contributed by atoms with Crippen molar-refractivity contribution >= 4 is 34.4 Å². The van der Waals surface area contributed by atoms with E-state index in [1.54, 1.807) is 64.0 Å². The summed E-state index contributed by atoms with van der Waals surface area (Å²) in [5, 5.41) is 14.6. The summed E-state index contributed by atoms with van der Waals surface area (Å²) in [5.41, 5.74) is 1.39. The second kappa shape index (κ2) is 10.6. The summed E-state index contributed by atoms with van der Waals surface area (Å²) in [4.78, 5) is 24.6. The number of pyridine rings is 1. The molecule has 1 atom stereocenters. The Labute approximate surface area is 220 Å². The van der Waals surface area contributed by atoms with Gasteiger partial charge < -0.3 is 19.7 Å². The number of hydrogen-bond donors (Lipinski definition) is 2. The number of imidazole rings is 1. The van der Waals surface area contributed by atoms with Gasteiger partial charge in [-0.05, 0) is 48.9 Å². The summed E-state index contributed by atoms with van der Waals surface area (Å²) in [6.07, 6.45) is 0.614. The van der Waals surface area contributed by atoms with Crippen LogP contribution in [0.3, 0.4) is 0 Å². The number of hydrogen-bond acceptors (Lipinski definition) is 7. The molecule has 3 heterocycles. The van der Waals surface area contributed by atoms with Gasteiger partial charge in [0, 0.05) is 29.4 Å². The van der Waals surface area contributed by atoms with E-state index < -0.39 is 23.6 Å². The van der Waals surface area contributed by atoms with Gasteiger partial charge in [0.05, 0.1) is 19.0 Å². The third-order valence-electron chi connectivity index (χ3n) is 5.77. The fourth-order valence-electron chi connectivity index (χ4n) is 3.94. The van der Waals surface area contributed by atoms with Gasteiger partial charge in [-0.15, -0.1) is 0 Å². The summed E-state index contributed by atoms with van der Waals surface area (Å²) in [6.45, 7) is 2.46. The minimum atomic E-state index is -0.996. The van der Waals surface area contributed by atoms with Crippen LogP contribution in [0.15, 0.2) is 71.8 Å². The summed E-state index contributed by atoms with van der Waals surface area (Å²) in [7, 11) is 0. The molecule has 2 aromatic carbocycles. The molecule has 38 heavy (non-hydrogen) atoms. The van der Waals surface area contributed by atoms with Crippen molar-refractivity contribution in [3.05, 3.63) is 99.8 Å². The molecule has 12 heteroatoms. The van der Waals surface area contributed by atoms with Gasteiger partial charge in [-0.25, -0.2) is 4.98 Å². The van der Waals surface area contributed by atoms with Gasteiger partial charge in [-0.2, -0.15) is 18.7 Å². The number of benzene rings is 2. The van der Waals surface area contributed by atoms with E-state index in [1.165, 1.54) is 0 Å². The number of ether oxygens (including phenoxy) is 1. The molecule has 0 spiro atoms. The lowest BCUT2D eigenvalue weighted by Crippen LogP contribution is -2.21. The first-order valence-electron chi connectivity index (χ1n) is 11.6. The zero-order valence-electron chi connectivity index (χ0n) is 20.0. The van der Waals surface area contributed by atoms with Crippen molar-refractivity contribution in [2.75, 3.05) is 5.32 Å². The van der Waals surface area contributed by atoms with E-state index in [4.69, 9.17) is 16.3 Å². The van der Waals surface area contributed by atoms with Crippen LogP contribution in [-0.4, -0.2) is 29.2 Å². The Morgan fingerprint density at radius 1 is 1.03 bits per heavy atom. The molecule has 0 saturated carbocycles. The molecule has 0 fully saturated rings. The van der Waals surface area contributed by atoms with E-state index in [2.05, 4.69) is 20.3 Å². The maximum absolute atomic E-state index is 13.4. The minimum Gasteiger partial charge on any atom is -0.457 e. The van der Waals surface area contributed by atoms with Crippen LogP contribution in [0.2, 0.25) is 5.02 Å². The molecule has 194 valence electrons. The van der Waals surface area contributed by atoms with Gasteiger partial charge >= 0.3 is 5.56 Å². The molecule has 2 N–H and O–H groups in total. The molecule has 0 radical (unpaired) electrons. The highest BCUT2D eigenvalue weighted by atomic mass is 35.5. The smallest absolute Gasteiger partial charge is 0.300 e. The fraction of sp³-hybridized carbons (Fsp3) is 0.154. The van der Waals surface area contributed by atoms with Crippen molar-refractivity contribution in [3.8, 4) is 11.5 Å². The molecule has 0 amide bonds. The average molecular weight is 539 g/mol. The summed E-state index contributed by atoms with van der Waals surface area (Å²) < 4.78 is 35.5. The van der Waals surface area contributed by atoms with Crippen molar-refractivity contribution in [2.24, 2.45) is 0 Å². The summed E-state index contributed by atoms with van der Waals surface area (Å²) >= 11 is 5.98. The number of nitrogens with zero attached hydrogens (tertiary/aromatic N) is 5. The molecule has 1 unspecified atom stereocenters. The SMILES string of the molecule is CCn1cnc2c1c(=O)nc(Nc1ccc(Oc3cc(F)nc(F)c3)cc1)n2CC(O)c1ccc(Cl)cc1. The Kier molecular flexibility index (Phi) is 7.03. The maximum Gasteiger partial charge on any atom is 0.300 e. The van der Waals surface area contributed by atoms with Crippen molar-refractivity contribution in [3.63, 3.8) is 0 Å².